The van der Waals surface area contributed by atoms with Gasteiger partial charge in [0.2, 0.25) is 0 Å². The predicted molar refractivity (Wildman–Crippen MR) is 85.7 cm³/mol. The number of anilines is 2. The minimum atomic E-state index is -0.248. The molecule has 98 valence electrons. The van der Waals surface area contributed by atoms with Gasteiger partial charge >= 0.3 is 0 Å². The van der Waals surface area contributed by atoms with Gasteiger partial charge < -0.3 is 11.1 Å². The summed E-state index contributed by atoms with van der Waals surface area (Å²) in [4.78, 5) is 12.2. The zero-order valence-corrected chi connectivity index (χ0v) is 13.5. The van der Waals surface area contributed by atoms with Gasteiger partial charge in [-0.2, -0.15) is 0 Å². The summed E-state index contributed by atoms with van der Waals surface area (Å²) in [5.74, 6) is -0.248. The van der Waals surface area contributed by atoms with Crippen LogP contribution in [0.2, 0.25) is 5.02 Å². The SMILES string of the molecule is Nc1ccc(Br)c(C(=O)Nc2ccc(Cl)cc2Br)c1. The van der Waals surface area contributed by atoms with Crippen LogP contribution >= 0.6 is 43.5 Å². The third-order valence-corrected chi connectivity index (χ3v) is 4.00. The lowest BCUT2D eigenvalue weighted by atomic mass is 10.2. The van der Waals surface area contributed by atoms with Crippen molar-refractivity contribution in [3.63, 3.8) is 0 Å². The molecule has 0 aliphatic heterocycles. The summed E-state index contributed by atoms with van der Waals surface area (Å²) in [5.41, 5.74) is 7.33. The van der Waals surface area contributed by atoms with Crippen LogP contribution in [0.5, 0.6) is 0 Å². The highest BCUT2D eigenvalue weighted by Gasteiger charge is 2.12. The molecule has 2 aromatic carbocycles. The van der Waals surface area contributed by atoms with Gasteiger partial charge in [0.25, 0.3) is 5.91 Å². The van der Waals surface area contributed by atoms with Gasteiger partial charge in [0.05, 0.1) is 11.3 Å². The molecule has 3 nitrogen and oxygen atoms in total. The molecule has 0 aliphatic rings. The third-order valence-electron chi connectivity index (χ3n) is 2.41. The van der Waals surface area contributed by atoms with Crippen LogP contribution in [-0.4, -0.2) is 5.91 Å². The maximum atomic E-state index is 12.2. The van der Waals surface area contributed by atoms with Crippen LogP contribution in [0.3, 0.4) is 0 Å². The van der Waals surface area contributed by atoms with Gasteiger partial charge in [-0.3, -0.25) is 4.79 Å². The average Bonchev–Trinajstić information content (AvgIpc) is 2.35. The molecule has 0 saturated carbocycles. The molecule has 1 amide bonds. The van der Waals surface area contributed by atoms with E-state index in [0.29, 0.717) is 30.9 Å². The lowest BCUT2D eigenvalue weighted by molar-refractivity contribution is 0.102. The number of nitrogens with two attached hydrogens (primary N) is 1. The van der Waals surface area contributed by atoms with Crippen LogP contribution in [0.15, 0.2) is 45.3 Å². The monoisotopic (exact) mass is 402 g/mol. The zero-order chi connectivity index (χ0) is 14.0. The molecule has 0 aliphatic carbocycles. The first-order valence-electron chi connectivity index (χ1n) is 5.29. The maximum absolute atomic E-state index is 12.2. The van der Waals surface area contributed by atoms with Crippen LogP contribution in [-0.2, 0) is 0 Å². The second-order valence-electron chi connectivity index (χ2n) is 3.82. The van der Waals surface area contributed by atoms with Crippen molar-refractivity contribution in [3.8, 4) is 0 Å². The van der Waals surface area contributed by atoms with Crippen LogP contribution < -0.4 is 11.1 Å². The van der Waals surface area contributed by atoms with Gasteiger partial charge in [-0.1, -0.05) is 11.6 Å². The minimum Gasteiger partial charge on any atom is -0.399 e. The quantitative estimate of drug-likeness (QED) is 0.713. The number of carbonyl (C=O) groups is 1. The van der Waals surface area contributed by atoms with Gasteiger partial charge in [0.1, 0.15) is 0 Å². The Bertz CT molecular complexity index is 647. The van der Waals surface area contributed by atoms with Crippen molar-refractivity contribution in [1.82, 2.24) is 0 Å². The Kier molecular flexibility index (Phi) is 4.50. The molecule has 19 heavy (non-hydrogen) atoms. The Balaban J connectivity index is 2.28. The van der Waals surface area contributed by atoms with E-state index < -0.39 is 0 Å². The number of nitrogens with one attached hydrogen (secondary N) is 1. The molecule has 0 fully saturated rings. The van der Waals surface area contributed by atoms with Gasteiger partial charge in [0, 0.05) is 19.7 Å². The molecule has 0 aromatic heterocycles. The highest BCUT2D eigenvalue weighted by atomic mass is 79.9. The molecule has 2 rings (SSSR count). The molecule has 0 heterocycles. The molecule has 0 radical (unpaired) electrons. The lowest BCUT2D eigenvalue weighted by Crippen LogP contribution is -2.13. The molecule has 0 spiro atoms. The summed E-state index contributed by atoms with van der Waals surface area (Å²) in [6.45, 7) is 0. The van der Waals surface area contributed by atoms with Crippen LogP contribution in [0.4, 0.5) is 11.4 Å². The summed E-state index contributed by atoms with van der Waals surface area (Å²) in [6.07, 6.45) is 0. The number of hydrogen-bond acceptors (Lipinski definition) is 2. The van der Waals surface area contributed by atoms with Crippen molar-refractivity contribution in [1.29, 1.82) is 0 Å². The number of halogens is 3. The molecular weight excluding hydrogens is 395 g/mol. The summed E-state index contributed by atoms with van der Waals surface area (Å²) in [6, 6.07) is 10.2. The Morgan fingerprint density at radius 3 is 2.53 bits per heavy atom. The van der Waals surface area contributed by atoms with Gasteiger partial charge in [0.15, 0.2) is 0 Å². The molecule has 0 saturated heterocycles. The first-order chi connectivity index (χ1) is 8.97. The Hall–Kier alpha value is -1.04. The fourth-order valence-electron chi connectivity index (χ4n) is 1.50. The standard InChI is InChI=1S/C13H9Br2ClN2O/c14-10-3-2-8(17)6-9(10)13(19)18-12-4-1-7(16)5-11(12)15/h1-6H,17H2,(H,18,19). The predicted octanol–water partition coefficient (Wildman–Crippen LogP) is 4.70. The topological polar surface area (TPSA) is 55.1 Å². The van der Waals surface area contributed by atoms with Gasteiger partial charge in [-0.15, -0.1) is 0 Å². The lowest BCUT2D eigenvalue weighted by Gasteiger charge is -2.09. The van der Waals surface area contributed by atoms with E-state index in [2.05, 4.69) is 37.2 Å². The number of carbonyl (C=O) groups excluding carboxylic acids is 1. The number of rotatable bonds is 2. The molecule has 0 unspecified atom stereocenters. The number of nitrogen functional groups attached to an aromatic ring is 1. The van der Waals surface area contributed by atoms with Crippen LogP contribution in [0, 0.1) is 0 Å². The first-order valence-corrected chi connectivity index (χ1v) is 7.25. The van der Waals surface area contributed by atoms with Gasteiger partial charge in [-0.05, 0) is 68.3 Å². The van der Waals surface area contributed by atoms with E-state index in [1.54, 1.807) is 36.4 Å². The summed E-state index contributed by atoms with van der Waals surface area (Å²) < 4.78 is 1.40. The number of benzene rings is 2. The summed E-state index contributed by atoms with van der Waals surface area (Å²) in [7, 11) is 0. The third kappa shape index (κ3) is 3.49. The van der Waals surface area contributed by atoms with Crippen molar-refractivity contribution >= 4 is 60.7 Å². The van der Waals surface area contributed by atoms with Crippen molar-refractivity contribution < 1.29 is 4.79 Å². The summed E-state index contributed by atoms with van der Waals surface area (Å²) in [5, 5.41) is 3.38. The molecule has 6 heteroatoms. The van der Waals surface area contributed by atoms with Crippen molar-refractivity contribution in [2.24, 2.45) is 0 Å². The molecule has 2 aromatic rings. The van der Waals surface area contributed by atoms with Gasteiger partial charge in [-0.25, -0.2) is 0 Å². The first kappa shape index (κ1) is 14.4. The van der Waals surface area contributed by atoms with Crippen molar-refractivity contribution in [3.05, 3.63) is 55.9 Å². The highest BCUT2D eigenvalue weighted by molar-refractivity contribution is 9.11. The van der Waals surface area contributed by atoms with E-state index in [9.17, 15) is 4.79 Å². The average molecular weight is 404 g/mol. The normalized spacial score (nSPS) is 10.3. The van der Waals surface area contributed by atoms with Crippen molar-refractivity contribution in [2.75, 3.05) is 11.1 Å². The van der Waals surface area contributed by atoms with Crippen molar-refractivity contribution in [2.45, 2.75) is 0 Å². The highest BCUT2D eigenvalue weighted by Crippen LogP contribution is 2.27. The Labute approximate surface area is 132 Å². The van der Waals surface area contributed by atoms with Crippen LogP contribution in [0.25, 0.3) is 0 Å². The summed E-state index contributed by atoms with van der Waals surface area (Å²) >= 11 is 12.5. The number of hydrogen-bond donors (Lipinski definition) is 2. The molecule has 0 bridgehead atoms. The van der Waals surface area contributed by atoms with E-state index in [4.69, 9.17) is 17.3 Å². The molecular formula is C13H9Br2ClN2O. The second kappa shape index (κ2) is 5.94. The number of amides is 1. The van der Waals surface area contributed by atoms with Crippen LogP contribution in [0.1, 0.15) is 10.4 Å². The van der Waals surface area contributed by atoms with E-state index in [0.717, 1.165) is 0 Å². The molecule has 0 atom stereocenters. The second-order valence-corrected chi connectivity index (χ2v) is 5.96. The molecule has 3 N–H and O–H groups in total. The fraction of sp³-hybridized carbons (Fsp3) is 0. The zero-order valence-electron chi connectivity index (χ0n) is 9.58. The smallest absolute Gasteiger partial charge is 0.256 e. The maximum Gasteiger partial charge on any atom is 0.256 e. The van der Waals surface area contributed by atoms with E-state index in [-0.39, 0.29) is 5.91 Å². The van der Waals surface area contributed by atoms with E-state index in [1.165, 1.54) is 0 Å². The fourth-order valence-corrected chi connectivity index (χ4v) is 2.71. The Morgan fingerprint density at radius 1 is 1.11 bits per heavy atom. The van der Waals surface area contributed by atoms with E-state index in [1.807, 2.05) is 0 Å². The van der Waals surface area contributed by atoms with E-state index >= 15 is 0 Å². The minimum absolute atomic E-state index is 0.248. The largest absolute Gasteiger partial charge is 0.399 e. The Morgan fingerprint density at radius 2 is 1.84 bits per heavy atom.